The van der Waals surface area contributed by atoms with Crippen LogP contribution in [-0.4, -0.2) is 25.0 Å². The lowest BCUT2D eigenvalue weighted by molar-refractivity contribution is -0.389. The van der Waals surface area contributed by atoms with E-state index in [2.05, 4.69) is 10.3 Å². The molecule has 0 saturated carbocycles. The van der Waals surface area contributed by atoms with Crippen LogP contribution in [0.4, 0.5) is 5.82 Å². The van der Waals surface area contributed by atoms with Crippen LogP contribution in [0.2, 0.25) is 0 Å². The number of aromatic nitrogens is 3. The summed E-state index contributed by atoms with van der Waals surface area (Å²) in [7, 11) is 0. The maximum Gasteiger partial charge on any atom is 0.410 e. The summed E-state index contributed by atoms with van der Waals surface area (Å²) < 4.78 is 0.956. The predicted octanol–water partition coefficient (Wildman–Crippen LogP) is -0.864. The molecule has 0 atom stereocenters. The lowest BCUT2D eigenvalue weighted by Crippen LogP contribution is -1.95. The van der Waals surface area contributed by atoms with E-state index in [1.54, 1.807) is 0 Å². The topological polar surface area (TPSA) is 94.1 Å². The van der Waals surface area contributed by atoms with E-state index in [1.807, 2.05) is 0 Å². The van der Waals surface area contributed by atoms with Crippen molar-refractivity contribution in [3.8, 4) is 0 Å². The monoisotopic (exact) mass is 144 g/mol. The van der Waals surface area contributed by atoms with Gasteiger partial charge in [0, 0.05) is 0 Å². The Kier molecular flexibility index (Phi) is 1.59. The van der Waals surface area contributed by atoms with Crippen molar-refractivity contribution in [1.82, 2.24) is 15.0 Å². The molecule has 7 nitrogen and oxygen atoms in total. The summed E-state index contributed by atoms with van der Waals surface area (Å²) in [6.07, 6.45) is 1.04. The zero-order chi connectivity index (χ0) is 7.56. The minimum Gasteiger partial charge on any atom is -0.374 e. The van der Waals surface area contributed by atoms with Gasteiger partial charge in [-0.2, -0.15) is 4.68 Å². The fourth-order valence-electron chi connectivity index (χ4n) is 0.441. The van der Waals surface area contributed by atoms with Crippen LogP contribution in [0.5, 0.6) is 0 Å². The molecule has 0 amide bonds. The third-order valence-electron chi connectivity index (χ3n) is 0.859. The Bertz CT molecular complexity index is 244. The first kappa shape index (κ1) is 6.62. The molecule has 0 radical (unpaired) electrons. The second-order valence-corrected chi connectivity index (χ2v) is 1.51. The Morgan fingerprint density at radius 2 is 2.60 bits per heavy atom. The lowest BCUT2D eigenvalue weighted by Gasteiger charge is -1.84. The van der Waals surface area contributed by atoms with Crippen LogP contribution in [0.25, 0.3) is 0 Å². The average molecular weight is 144 g/mol. The van der Waals surface area contributed by atoms with Crippen molar-refractivity contribution in [2.45, 2.75) is 6.73 Å². The van der Waals surface area contributed by atoms with Gasteiger partial charge >= 0.3 is 5.82 Å². The summed E-state index contributed by atoms with van der Waals surface area (Å²) in [5.74, 6) is -0.367. The minimum absolute atomic E-state index is 0.367. The van der Waals surface area contributed by atoms with Crippen LogP contribution >= 0.6 is 0 Å². The molecule has 0 aliphatic heterocycles. The van der Waals surface area contributed by atoms with Gasteiger partial charge in [-0.05, 0) is 4.92 Å². The lowest BCUT2D eigenvalue weighted by atomic mass is 10.8. The Morgan fingerprint density at radius 1 is 1.90 bits per heavy atom. The Morgan fingerprint density at radius 3 is 2.90 bits per heavy atom. The molecule has 0 fully saturated rings. The molecule has 1 rings (SSSR count). The summed E-state index contributed by atoms with van der Waals surface area (Å²) in [4.78, 5) is 9.26. The van der Waals surface area contributed by atoms with E-state index < -0.39 is 11.7 Å². The van der Waals surface area contributed by atoms with Crippen LogP contribution < -0.4 is 0 Å². The summed E-state index contributed by atoms with van der Waals surface area (Å²) >= 11 is 0. The van der Waals surface area contributed by atoms with Gasteiger partial charge in [-0.1, -0.05) is 0 Å². The standard InChI is InChI=1S/C3H4N4O3/c8-2-6-1-3(4-5-6)7(9)10/h1,8H,2H2. The van der Waals surface area contributed by atoms with Crippen LogP contribution in [0, 0.1) is 10.1 Å². The molecule has 1 heterocycles. The van der Waals surface area contributed by atoms with Crippen molar-refractivity contribution < 1.29 is 10.0 Å². The fraction of sp³-hybridized carbons (Fsp3) is 0.333. The van der Waals surface area contributed by atoms with Crippen LogP contribution in [0.1, 0.15) is 0 Å². The van der Waals surface area contributed by atoms with Gasteiger partial charge in [-0.25, -0.2) is 0 Å². The van der Waals surface area contributed by atoms with Gasteiger partial charge in [-0.3, -0.25) is 0 Å². The van der Waals surface area contributed by atoms with E-state index >= 15 is 0 Å². The first-order valence-electron chi connectivity index (χ1n) is 2.39. The highest BCUT2D eigenvalue weighted by molar-refractivity contribution is 5.08. The molecular formula is C3H4N4O3. The van der Waals surface area contributed by atoms with E-state index in [0.29, 0.717) is 0 Å². The zero-order valence-corrected chi connectivity index (χ0v) is 4.84. The molecule has 10 heavy (non-hydrogen) atoms. The SMILES string of the molecule is O=[N+]([O-])c1cn(CO)nn1. The quantitative estimate of drug-likeness (QED) is 0.430. The summed E-state index contributed by atoms with van der Waals surface area (Å²) in [6.45, 7) is -0.402. The minimum atomic E-state index is -0.681. The fourth-order valence-corrected chi connectivity index (χ4v) is 0.441. The Balaban J connectivity index is 2.88. The Hall–Kier alpha value is -1.50. The first-order chi connectivity index (χ1) is 4.74. The summed E-state index contributed by atoms with van der Waals surface area (Å²) in [6, 6.07) is 0. The van der Waals surface area contributed by atoms with Crippen molar-refractivity contribution in [3.63, 3.8) is 0 Å². The molecule has 0 aliphatic rings. The van der Waals surface area contributed by atoms with Gasteiger partial charge < -0.3 is 15.2 Å². The molecular weight excluding hydrogens is 140 g/mol. The van der Waals surface area contributed by atoms with Crippen LogP contribution in [-0.2, 0) is 6.73 Å². The van der Waals surface area contributed by atoms with Gasteiger partial charge in [0.1, 0.15) is 18.0 Å². The van der Waals surface area contributed by atoms with Crippen LogP contribution in [0.3, 0.4) is 0 Å². The van der Waals surface area contributed by atoms with Gasteiger partial charge in [0.2, 0.25) is 0 Å². The normalized spacial score (nSPS) is 9.70. The van der Waals surface area contributed by atoms with Gasteiger partial charge in [-0.15, -0.1) is 0 Å². The molecule has 0 spiro atoms. The number of nitrogens with zero attached hydrogens (tertiary/aromatic N) is 4. The van der Waals surface area contributed by atoms with E-state index in [4.69, 9.17) is 5.11 Å². The number of aliphatic hydroxyl groups excluding tert-OH is 1. The molecule has 0 saturated heterocycles. The Labute approximate surface area is 55.0 Å². The van der Waals surface area contributed by atoms with Crippen LogP contribution in [0.15, 0.2) is 6.20 Å². The van der Waals surface area contributed by atoms with E-state index in [-0.39, 0.29) is 5.82 Å². The van der Waals surface area contributed by atoms with E-state index in [0.717, 1.165) is 10.9 Å². The summed E-state index contributed by atoms with van der Waals surface area (Å²) in [5, 5.41) is 24.7. The number of hydrogen-bond acceptors (Lipinski definition) is 5. The van der Waals surface area contributed by atoms with Gasteiger partial charge in [0.15, 0.2) is 0 Å². The molecule has 0 aliphatic carbocycles. The largest absolute Gasteiger partial charge is 0.410 e. The number of aliphatic hydroxyl groups is 1. The molecule has 1 N–H and O–H groups in total. The van der Waals surface area contributed by atoms with E-state index in [1.165, 1.54) is 0 Å². The zero-order valence-electron chi connectivity index (χ0n) is 4.84. The first-order valence-corrected chi connectivity index (χ1v) is 2.39. The number of rotatable bonds is 2. The molecule has 0 aromatic carbocycles. The van der Waals surface area contributed by atoms with Crippen molar-refractivity contribution in [2.24, 2.45) is 0 Å². The molecule has 54 valence electrons. The number of nitro groups is 1. The highest BCUT2D eigenvalue weighted by atomic mass is 16.6. The third kappa shape index (κ3) is 1.08. The second-order valence-electron chi connectivity index (χ2n) is 1.51. The molecule has 1 aromatic heterocycles. The molecule has 0 bridgehead atoms. The van der Waals surface area contributed by atoms with Crippen molar-refractivity contribution in [2.75, 3.05) is 0 Å². The van der Waals surface area contributed by atoms with Gasteiger partial charge in [0.05, 0.1) is 5.21 Å². The second kappa shape index (κ2) is 2.40. The highest BCUT2D eigenvalue weighted by Crippen LogP contribution is 2.01. The molecule has 7 heteroatoms. The predicted molar refractivity (Wildman–Crippen MR) is 28.9 cm³/mol. The molecule has 0 unspecified atom stereocenters. The third-order valence-corrected chi connectivity index (χ3v) is 0.859. The molecule has 1 aromatic rings. The van der Waals surface area contributed by atoms with Gasteiger partial charge in [0.25, 0.3) is 0 Å². The maximum atomic E-state index is 9.94. The summed E-state index contributed by atoms with van der Waals surface area (Å²) in [5.41, 5.74) is 0. The van der Waals surface area contributed by atoms with E-state index in [9.17, 15) is 10.1 Å². The smallest absolute Gasteiger partial charge is 0.374 e. The highest BCUT2D eigenvalue weighted by Gasteiger charge is 2.10. The average Bonchev–Trinajstić information content (AvgIpc) is 2.34. The van der Waals surface area contributed by atoms with Crippen molar-refractivity contribution in [1.29, 1.82) is 0 Å². The maximum absolute atomic E-state index is 9.94. The number of hydrogen-bond donors (Lipinski definition) is 1. The van der Waals surface area contributed by atoms with Crippen molar-refractivity contribution in [3.05, 3.63) is 16.3 Å². The van der Waals surface area contributed by atoms with Crippen molar-refractivity contribution >= 4 is 5.82 Å².